The lowest BCUT2D eigenvalue weighted by Gasteiger charge is -2.34. The maximum atomic E-state index is 12.3. The van der Waals surface area contributed by atoms with Gasteiger partial charge >= 0.3 is 0 Å². The van der Waals surface area contributed by atoms with Gasteiger partial charge in [-0.2, -0.15) is 4.73 Å². The van der Waals surface area contributed by atoms with Gasteiger partial charge in [0, 0.05) is 18.7 Å². The van der Waals surface area contributed by atoms with Crippen molar-refractivity contribution in [2.24, 2.45) is 0 Å². The summed E-state index contributed by atoms with van der Waals surface area (Å²) in [5, 5.41) is 10.9. The van der Waals surface area contributed by atoms with E-state index < -0.39 is 0 Å². The van der Waals surface area contributed by atoms with Crippen molar-refractivity contribution in [3.05, 3.63) is 35.3 Å². The maximum Gasteiger partial charge on any atom is 0.254 e. The smallest absolute Gasteiger partial charge is 0.254 e. The molecule has 5 heteroatoms. The average molecular weight is 248 g/mol. The van der Waals surface area contributed by atoms with Crippen molar-refractivity contribution >= 4 is 11.7 Å². The molecule has 96 valence electrons. The fourth-order valence-corrected chi connectivity index (χ4v) is 2.32. The zero-order valence-corrected chi connectivity index (χ0v) is 10.3. The molecule has 0 aliphatic carbocycles. The molecule has 1 fully saturated rings. The van der Waals surface area contributed by atoms with Gasteiger partial charge in [0.1, 0.15) is 0 Å². The Morgan fingerprint density at radius 3 is 2.61 bits per heavy atom. The summed E-state index contributed by atoms with van der Waals surface area (Å²) in [6.45, 7) is 2.13. The van der Waals surface area contributed by atoms with Crippen LogP contribution in [0.3, 0.4) is 0 Å². The summed E-state index contributed by atoms with van der Waals surface area (Å²) >= 11 is 0. The third-order valence-electron chi connectivity index (χ3n) is 3.28. The Kier molecular flexibility index (Phi) is 3.60. The first-order chi connectivity index (χ1) is 8.59. The maximum absolute atomic E-state index is 12.3. The third-order valence-corrected chi connectivity index (χ3v) is 3.28. The molecule has 0 bridgehead atoms. The molecule has 1 atom stereocenters. The van der Waals surface area contributed by atoms with Gasteiger partial charge in [0.05, 0.1) is 11.6 Å². The minimum atomic E-state index is -0.314. The minimum Gasteiger partial charge on any atom is -0.619 e. The Morgan fingerprint density at radius 1 is 1.33 bits per heavy atom. The van der Waals surface area contributed by atoms with E-state index in [0.717, 1.165) is 19.3 Å². The summed E-state index contributed by atoms with van der Waals surface area (Å²) in [6, 6.07) is 2.66. The zero-order chi connectivity index (χ0) is 13.1. The van der Waals surface area contributed by atoms with Gasteiger partial charge in [-0.05, 0) is 26.2 Å². The number of piperidine rings is 1. The highest BCUT2D eigenvalue weighted by atomic mass is 16.5. The van der Waals surface area contributed by atoms with Crippen molar-refractivity contribution in [1.82, 2.24) is 4.90 Å². The molecule has 1 aromatic rings. The fourth-order valence-electron chi connectivity index (χ4n) is 2.32. The number of hydrogen-bond acceptors (Lipinski definition) is 3. The van der Waals surface area contributed by atoms with Gasteiger partial charge < -0.3 is 10.1 Å². The monoisotopic (exact) mass is 248 g/mol. The molecular formula is C13H16N2O3. The summed E-state index contributed by atoms with van der Waals surface area (Å²) in [7, 11) is 0. The number of Topliss-reactive ketones (excluding diaryl/α,β-unsaturated/α-hetero) is 1. The summed E-state index contributed by atoms with van der Waals surface area (Å²) in [5.41, 5.74) is 0.454. The number of rotatable bonds is 2. The number of likely N-dealkylation sites (tertiary alicyclic amines) is 1. The molecule has 1 aromatic heterocycles. The molecular weight excluding hydrogens is 232 g/mol. The van der Waals surface area contributed by atoms with Crippen LogP contribution in [-0.2, 0) is 4.79 Å². The average Bonchev–Trinajstić information content (AvgIpc) is 2.39. The van der Waals surface area contributed by atoms with Crippen LogP contribution in [0.15, 0.2) is 24.5 Å². The molecule has 0 saturated carbocycles. The highest BCUT2D eigenvalue weighted by Gasteiger charge is 2.30. The topological polar surface area (TPSA) is 64.3 Å². The summed E-state index contributed by atoms with van der Waals surface area (Å²) in [5.74, 6) is -0.145. The number of carbonyl (C=O) groups excluding carboxylic acids is 2. The molecule has 0 N–H and O–H groups in total. The van der Waals surface area contributed by atoms with Crippen LogP contribution in [-0.4, -0.2) is 29.2 Å². The highest BCUT2D eigenvalue weighted by Crippen LogP contribution is 2.20. The molecule has 0 radical (unpaired) electrons. The van der Waals surface area contributed by atoms with Crippen molar-refractivity contribution < 1.29 is 14.3 Å². The van der Waals surface area contributed by atoms with Crippen LogP contribution < -0.4 is 4.73 Å². The second-order valence-corrected chi connectivity index (χ2v) is 4.57. The van der Waals surface area contributed by atoms with Gasteiger partial charge in [-0.25, -0.2) is 0 Å². The van der Waals surface area contributed by atoms with Crippen LogP contribution in [0.1, 0.15) is 36.5 Å². The highest BCUT2D eigenvalue weighted by molar-refractivity contribution is 5.97. The van der Waals surface area contributed by atoms with Crippen LogP contribution in [0.25, 0.3) is 0 Å². The summed E-state index contributed by atoms with van der Waals surface area (Å²) < 4.78 is 0.634. The van der Waals surface area contributed by atoms with E-state index in [4.69, 9.17) is 0 Å². The molecule has 1 aliphatic heterocycles. The van der Waals surface area contributed by atoms with Crippen LogP contribution in [0.2, 0.25) is 0 Å². The summed E-state index contributed by atoms with van der Waals surface area (Å²) in [4.78, 5) is 25.5. The van der Waals surface area contributed by atoms with E-state index in [-0.39, 0.29) is 17.7 Å². The van der Waals surface area contributed by atoms with Gasteiger partial charge in [-0.15, -0.1) is 0 Å². The zero-order valence-electron chi connectivity index (χ0n) is 10.3. The Hall–Kier alpha value is -1.91. The van der Waals surface area contributed by atoms with Crippen LogP contribution >= 0.6 is 0 Å². The molecule has 1 amide bonds. The number of carbonyl (C=O) groups is 2. The lowest BCUT2D eigenvalue weighted by atomic mass is 9.98. The van der Waals surface area contributed by atoms with E-state index in [1.165, 1.54) is 31.5 Å². The van der Waals surface area contributed by atoms with Crippen molar-refractivity contribution in [2.75, 3.05) is 6.54 Å². The largest absolute Gasteiger partial charge is 0.619 e. The summed E-state index contributed by atoms with van der Waals surface area (Å²) in [6.07, 6.45) is 5.21. The number of nitrogens with zero attached hydrogens (tertiary/aromatic N) is 2. The van der Waals surface area contributed by atoms with Crippen molar-refractivity contribution in [3.8, 4) is 0 Å². The lowest BCUT2D eigenvalue weighted by molar-refractivity contribution is -0.605. The first kappa shape index (κ1) is 12.5. The molecule has 1 aliphatic rings. The predicted molar refractivity (Wildman–Crippen MR) is 64.8 cm³/mol. The van der Waals surface area contributed by atoms with Gasteiger partial charge in [0.15, 0.2) is 18.2 Å². The molecule has 5 nitrogen and oxygen atoms in total. The fraction of sp³-hybridized carbons (Fsp3) is 0.462. The van der Waals surface area contributed by atoms with E-state index in [1.54, 1.807) is 4.90 Å². The van der Waals surface area contributed by atoms with Crippen molar-refractivity contribution in [1.29, 1.82) is 0 Å². The molecule has 0 unspecified atom stereocenters. The van der Waals surface area contributed by atoms with E-state index in [2.05, 4.69) is 0 Å². The third kappa shape index (κ3) is 2.50. The second kappa shape index (κ2) is 5.16. The standard InChI is InChI=1S/C13H16N2O3/c1-10(16)12-4-2-3-7-15(12)13(17)11-5-8-14(18)9-6-11/h5-6,8-9,12H,2-4,7H2,1H3/t12-/m1/s1. The van der Waals surface area contributed by atoms with Crippen LogP contribution in [0.5, 0.6) is 0 Å². The van der Waals surface area contributed by atoms with Crippen LogP contribution in [0, 0.1) is 5.21 Å². The lowest BCUT2D eigenvalue weighted by Crippen LogP contribution is -2.47. The molecule has 0 spiro atoms. The molecule has 18 heavy (non-hydrogen) atoms. The van der Waals surface area contributed by atoms with Crippen molar-refractivity contribution in [2.45, 2.75) is 32.2 Å². The first-order valence-corrected chi connectivity index (χ1v) is 6.10. The Morgan fingerprint density at radius 2 is 2.00 bits per heavy atom. The van der Waals surface area contributed by atoms with Gasteiger partial charge in [-0.3, -0.25) is 9.59 Å². The molecule has 2 rings (SSSR count). The van der Waals surface area contributed by atoms with E-state index in [0.29, 0.717) is 16.8 Å². The minimum absolute atomic E-state index is 0.0258. The Balaban J connectivity index is 2.20. The number of amides is 1. The van der Waals surface area contributed by atoms with Crippen LogP contribution in [0.4, 0.5) is 0 Å². The number of pyridine rings is 1. The predicted octanol–water partition coefficient (Wildman–Crippen LogP) is 0.904. The normalized spacial score (nSPS) is 19.6. The number of aromatic nitrogens is 1. The number of hydrogen-bond donors (Lipinski definition) is 0. The number of ketones is 1. The molecule has 2 heterocycles. The van der Waals surface area contributed by atoms with Crippen molar-refractivity contribution in [3.63, 3.8) is 0 Å². The second-order valence-electron chi connectivity index (χ2n) is 4.57. The quantitative estimate of drug-likeness (QED) is 0.577. The Labute approximate surface area is 106 Å². The van der Waals surface area contributed by atoms with Gasteiger partial charge in [0.25, 0.3) is 5.91 Å². The molecule has 1 saturated heterocycles. The van der Waals surface area contributed by atoms with E-state index in [1.807, 2.05) is 0 Å². The SMILES string of the molecule is CC(=O)[C@H]1CCCCN1C(=O)c1cc[n+]([O-])cc1. The van der Waals surface area contributed by atoms with E-state index in [9.17, 15) is 14.8 Å². The van der Waals surface area contributed by atoms with Gasteiger partial charge in [0.2, 0.25) is 0 Å². The van der Waals surface area contributed by atoms with Gasteiger partial charge in [-0.1, -0.05) is 0 Å². The Bertz CT molecular complexity index is 456. The van der Waals surface area contributed by atoms with E-state index >= 15 is 0 Å². The first-order valence-electron chi connectivity index (χ1n) is 6.10. The molecule has 0 aromatic carbocycles.